The Kier molecular flexibility index (Phi) is 4.45. The van der Waals surface area contributed by atoms with Crippen molar-refractivity contribution in [2.24, 2.45) is 5.92 Å². The molecule has 0 spiro atoms. The predicted octanol–water partition coefficient (Wildman–Crippen LogP) is 1.75. The Bertz CT molecular complexity index is 269. The quantitative estimate of drug-likeness (QED) is 0.521. The lowest BCUT2D eigenvalue weighted by Gasteiger charge is -2.21. The summed E-state index contributed by atoms with van der Waals surface area (Å²) in [6.07, 6.45) is 5.18. The van der Waals surface area contributed by atoms with Crippen LogP contribution in [0.4, 0.5) is 0 Å². The van der Waals surface area contributed by atoms with Crippen LogP contribution in [-0.2, 0) is 14.6 Å². The van der Waals surface area contributed by atoms with Crippen molar-refractivity contribution in [1.29, 1.82) is 0 Å². The zero-order valence-corrected chi connectivity index (χ0v) is 9.26. The number of hydrogen-bond donors (Lipinski definition) is 0. The largest absolute Gasteiger partial charge is 0.502 e. The molecule has 3 nitrogen and oxygen atoms in total. The molecule has 0 bridgehead atoms. The highest BCUT2D eigenvalue weighted by Gasteiger charge is 2.23. The van der Waals surface area contributed by atoms with Crippen LogP contribution in [0.3, 0.4) is 0 Å². The summed E-state index contributed by atoms with van der Waals surface area (Å²) in [4.78, 5) is 0. The molecule has 0 saturated carbocycles. The van der Waals surface area contributed by atoms with E-state index in [9.17, 15) is 8.42 Å². The van der Waals surface area contributed by atoms with Crippen molar-refractivity contribution in [3.63, 3.8) is 0 Å². The fourth-order valence-electron chi connectivity index (χ4n) is 1.88. The van der Waals surface area contributed by atoms with Gasteiger partial charge in [0.05, 0.1) is 24.4 Å². The summed E-state index contributed by atoms with van der Waals surface area (Å²) in [6.45, 7) is 4.10. The topological polar surface area (TPSA) is 43.4 Å². The third-order valence-corrected chi connectivity index (χ3v) is 4.44. The normalized spacial score (nSPS) is 25.6. The van der Waals surface area contributed by atoms with Crippen LogP contribution in [0, 0.1) is 5.92 Å². The maximum absolute atomic E-state index is 11.3. The minimum absolute atomic E-state index is 0.349. The summed E-state index contributed by atoms with van der Waals surface area (Å²) in [5.41, 5.74) is 0. The molecule has 1 atom stereocenters. The summed E-state index contributed by atoms with van der Waals surface area (Å²) in [5, 5.41) is 0. The molecule has 1 heterocycles. The van der Waals surface area contributed by atoms with Crippen molar-refractivity contribution in [2.45, 2.75) is 25.7 Å². The van der Waals surface area contributed by atoms with E-state index in [1.165, 1.54) is 6.26 Å². The summed E-state index contributed by atoms with van der Waals surface area (Å²) in [7, 11) is -2.74. The first-order valence-corrected chi connectivity index (χ1v) is 6.89. The van der Waals surface area contributed by atoms with Crippen molar-refractivity contribution < 1.29 is 13.2 Å². The van der Waals surface area contributed by atoms with Gasteiger partial charge in [-0.15, -0.1) is 0 Å². The molecule has 14 heavy (non-hydrogen) atoms. The van der Waals surface area contributed by atoms with Gasteiger partial charge in [0, 0.05) is 0 Å². The van der Waals surface area contributed by atoms with Crippen molar-refractivity contribution in [3.05, 3.63) is 12.8 Å². The van der Waals surface area contributed by atoms with Crippen LogP contribution >= 0.6 is 0 Å². The monoisotopic (exact) mass is 218 g/mol. The zero-order valence-electron chi connectivity index (χ0n) is 8.44. The standard InChI is InChI=1S/C10H18O3S/c1-2-13-7-3-5-10-6-4-8-14(11,12)9-10/h2,10H,1,3-9H2. The lowest BCUT2D eigenvalue weighted by atomic mass is 10.00. The van der Waals surface area contributed by atoms with Crippen LogP contribution in [0.25, 0.3) is 0 Å². The molecule has 0 aromatic rings. The Hall–Kier alpha value is -0.510. The Morgan fingerprint density at radius 2 is 2.29 bits per heavy atom. The van der Waals surface area contributed by atoms with Crippen LogP contribution in [0.1, 0.15) is 25.7 Å². The molecule has 1 saturated heterocycles. The highest BCUT2D eigenvalue weighted by Crippen LogP contribution is 2.22. The Balaban J connectivity index is 2.21. The molecular formula is C10H18O3S. The minimum atomic E-state index is -2.74. The molecule has 4 heteroatoms. The van der Waals surface area contributed by atoms with Gasteiger partial charge >= 0.3 is 0 Å². The van der Waals surface area contributed by atoms with E-state index in [4.69, 9.17) is 4.74 Å². The van der Waals surface area contributed by atoms with Crippen LogP contribution in [-0.4, -0.2) is 26.5 Å². The highest BCUT2D eigenvalue weighted by molar-refractivity contribution is 7.91. The van der Waals surface area contributed by atoms with Gasteiger partial charge in [-0.3, -0.25) is 0 Å². The molecular weight excluding hydrogens is 200 g/mol. The molecule has 0 aromatic carbocycles. The second kappa shape index (κ2) is 5.39. The van der Waals surface area contributed by atoms with Gasteiger partial charge in [0.15, 0.2) is 9.84 Å². The van der Waals surface area contributed by atoms with Crippen LogP contribution in [0.2, 0.25) is 0 Å². The first-order chi connectivity index (χ1) is 6.64. The van der Waals surface area contributed by atoms with E-state index >= 15 is 0 Å². The summed E-state index contributed by atoms with van der Waals surface area (Å²) in [6, 6.07) is 0. The van der Waals surface area contributed by atoms with Crippen molar-refractivity contribution in [1.82, 2.24) is 0 Å². The Labute approximate surface area is 86.1 Å². The van der Waals surface area contributed by atoms with E-state index in [1.807, 2.05) is 0 Å². The predicted molar refractivity (Wildman–Crippen MR) is 56.8 cm³/mol. The first-order valence-electron chi connectivity index (χ1n) is 5.07. The molecule has 82 valence electrons. The molecule has 1 fully saturated rings. The smallest absolute Gasteiger partial charge is 0.150 e. The Morgan fingerprint density at radius 1 is 1.50 bits per heavy atom. The lowest BCUT2D eigenvalue weighted by molar-refractivity contribution is 0.234. The number of ether oxygens (including phenoxy) is 1. The number of rotatable bonds is 5. The molecule has 1 aliphatic heterocycles. The van der Waals surface area contributed by atoms with E-state index < -0.39 is 9.84 Å². The minimum Gasteiger partial charge on any atom is -0.502 e. The highest BCUT2D eigenvalue weighted by atomic mass is 32.2. The molecule has 0 aromatic heterocycles. The number of hydrogen-bond acceptors (Lipinski definition) is 3. The number of sulfone groups is 1. The van der Waals surface area contributed by atoms with E-state index in [1.54, 1.807) is 0 Å². The van der Waals surface area contributed by atoms with Crippen LogP contribution < -0.4 is 0 Å². The fraction of sp³-hybridized carbons (Fsp3) is 0.800. The second-order valence-electron chi connectivity index (χ2n) is 3.80. The SMILES string of the molecule is C=COCCCC1CCCS(=O)(=O)C1. The van der Waals surface area contributed by atoms with Gasteiger partial charge < -0.3 is 4.74 Å². The lowest BCUT2D eigenvalue weighted by Crippen LogP contribution is -2.25. The average Bonchev–Trinajstić information content (AvgIpc) is 2.11. The van der Waals surface area contributed by atoms with Crippen molar-refractivity contribution in [3.8, 4) is 0 Å². The van der Waals surface area contributed by atoms with Gasteiger partial charge in [-0.2, -0.15) is 0 Å². The van der Waals surface area contributed by atoms with Crippen molar-refractivity contribution >= 4 is 9.84 Å². The fourth-order valence-corrected chi connectivity index (χ4v) is 3.71. The van der Waals surface area contributed by atoms with Gasteiger partial charge in [0.2, 0.25) is 0 Å². The summed E-state index contributed by atoms with van der Waals surface area (Å²) in [5.74, 6) is 1.11. The summed E-state index contributed by atoms with van der Waals surface area (Å²) >= 11 is 0. The molecule has 0 aliphatic carbocycles. The van der Waals surface area contributed by atoms with Crippen molar-refractivity contribution in [2.75, 3.05) is 18.1 Å². The maximum atomic E-state index is 11.3. The maximum Gasteiger partial charge on any atom is 0.150 e. The molecule has 0 amide bonds. The van der Waals surface area contributed by atoms with E-state index in [-0.39, 0.29) is 0 Å². The molecule has 1 rings (SSSR count). The Morgan fingerprint density at radius 3 is 2.93 bits per heavy atom. The van der Waals surface area contributed by atoms with Gasteiger partial charge in [-0.25, -0.2) is 8.42 Å². The van der Waals surface area contributed by atoms with Gasteiger partial charge in [0.25, 0.3) is 0 Å². The second-order valence-corrected chi connectivity index (χ2v) is 6.03. The summed E-state index contributed by atoms with van der Waals surface area (Å²) < 4.78 is 27.6. The van der Waals surface area contributed by atoms with E-state index in [2.05, 4.69) is 6.58 Å². The third-order valence-electron chi connectivity index (χ3n) is 2.55. The van der Waals surface area contributed by atoms with Crippen LogP contribution in [0.15, 0.2) is 12.8 Å². The van der Waals surface area contributed by atoms with Gasteiger partial charge in [-0.1, -0.05) is 6.58 Å². The van der Waals surface area contributed by atoms with E-state index in [0.717, 1.165) is 25.7 Å². The first kappa shape index (κ1) is 11.6. The molecule has 0 N–H and O–H groups in total. The van der Waals surface area contributed by atoms with Crippen LogP contribution in [0.5, 0.6) is 0 Å². The average molecular weight is 218 g/mol. The third kappa shape index (κ3) is 4.13. The molecule has 1 unspecified atom stereocenters. The zero-order chi connectivity index (χ0) is 10.4. The molecule has 0 radical (unpaired) electrons. The van der Waals surface area contributed by atoms with E-state index in [0.29, 0.717) is 24.0 Å². The van der Waals surface area contributed by atoms with Gasteiger partial charge in [-0.05, 0) is 31.6 Å². The van der Waals surface area contributed by atoms with Gasteiger partial charge in [0.1, 0.15) is 0 Å². The molecule has 1 aliphatic rings.